The lowest BCUT2D eigenvalue weighted by Gasteiger charge is -2.35. The second-order valence-corrected chi connectivity index (χ2v) is 7.09. The van der Waals surface area contributed by atoms with Crippen LogP contribution in [0.4, 0.5) is 0 Å². The maximum atomic E-state index is 12.7. The number of thiazole rings is 1. The van der Waals surface area contributed by atoms with Gasteiger partial charge >= 0.3 is 0 Å². The number of carbonyl (C=O) groups is 1. The van der Waals surface area contributed by atoms with Crippen molar-refractivity contribution in [2.75, 3.05) is 26.2 Å². The van der Waals surface area contributed by atoms with Crippen LogP contribution in [0.2, 0.25) is 0 Å². The fourth-order valence-electron chi connectivity index (χ4n) is 3.37. The fraction of sp³-hybridized carbons (Fsp3) is 0.750. The van der Waals surface area contributed by atoms with Crippen molar-refractivity contribution in [3.05, 3.63) is 16.1 Å². The molecule has 116 valence electrons. The van der Waals surface area contributed by atoms with Crippen molar-refractivity contribution in [2.24, 2.45) is 5.92 Å². The highest BCUT2D eigenvalue weighted by Crippen LogP contribution is 2.30. The van der Waals surface area contributed by atoms with Crippen molar-refractivity contribution in [1.29, 1.82) is 0 Å². The van der Waals surface area contributed by atoms with E-state index >= 15 is 0 Å². The largest absolute Gasteiger partial charge is 0.342 e. The minimum absolute atomic E-state index is 0.194. The molecule has 0 aromatic carbocycles. The van der Waals surface area contributed by atoms with Crippen molar-refractivity contribution in [1.82, 2.24) is 15.2 Å². The summed E-state index contributed by atoms with van der Waals surface area (Å²) in [6.07, 6.45) is 5.45. The number of rotatable bonds is 3. The molecule has 2 saturated heterocycles. The standard InChI is InChI=1S/C16H25N3OS/c1-2-14-11-21-15(18-14)13-6-4-8-19(10-13)16(20)12-5-3-7-17-9-12/h11-13,17H,2-10H2,1H3. The Bertz CT molecular complexity index is 482. The van der Waals surface area contributed by atoms with Crippen LogP contribution in [0.5, 0.6) is 0 Å². The van der Waals surface area contributed by atoms with Gasteiger partial charge in [-0.25, -0.2) is 4.98 Å². The molecule has 2 aliphatic rings. The summed E-state index contributed by atoms with van der Waals surface area (Å²) in [5, 5.41) is 6.75. The fourth-order valence-corrected chi connectivity index (χ4v) is 4.40. The topological polar surface area (TPSA) is 45.2 Å². The highest BCUT2D eigenvalue weighted by molar-refractivity contribution is 7.09. The third kappa shape index (κ3) is 3.46. The minimum Gasteiger partial charge on any atom is -0.342 e. The average Bonchev–Trinajstić information content (AvgIpc) is 3.04. The molecule has 0 radical (unpaired) electrons. The molecular weight excluding hydrogens is 282 g/mol. The quantitative estimate of drug-likeness (QED) is 0.933. The first kappa shape index (κ1) is 15.0. The molecule has 2 unspecified atom stereocenters. The van der Waals surface area contributed by atoms with Gasteiger partial charge in [0.05, 0.1) is 16.6 Å². The number of hydrogen-bond acceptors (Lipinski definition) is 4. The molecule has 3 rings (SSSR count). The summed E-state index contributed by atoms with van der Waals surface area (Å²) in [4.78, 5) is 19.5. The first-order chi connectivity index (χ1) is 10.3. The van der Waals surface area contributed by atoms with E-state index in [1.165, 1.54) is 17.1 Å². The highest BCUT2D eigenvalue weighted by atomic mass is 32.1. The van der Waals surface area contributed by atoms with Crippen LogP contribution in [0, 0.1) is 5.92 Å². The van der Waals surface area contributed by atoms with E-state index in [0.717, 1.165) is 51.9 Å². The van der Waals surface area contributed by atoms with E-state index < -0.39 is 0 Å². The normalized spacial score (nSPS) is 26.8. The first-order valence-electron chi connectivity index (χ1n) is 8.21. The van der Waals surface area contributed by atoms with E-state index in [-0.39, 0.29) is 5.92 Å². The monoisotopic (exact) mass is 307 g/mol. The average molecular weight is 307 g/mol. The van der Waals surface area contributed by atoms with Crippen LogP contribution < -0.4 is 5.32 Å². The molecule has 21 heavy (non-hydrogen) atoms. The van der Waals surface area contributed by atoms with Gasteiger partial charge in [0.25, 0.3) is 0 Å². The summed E-state index contributed by atoms with van der Waals surface area (Å²) in [6, 6.07) is 0. The third-order valence-corrected chi connectivity index (χ3v) is 5.72. The zero-order valence-electron chi connectivity index (χ0n) is 12.8. The Morgan fingerprint density at radius 3 is 3.10 bits per heavy atom. The van der Waals surface area contributed by atoms with Crippen LogP contribution in [-0.4, -0.2) is 42.0 Å². The summed E-state index contributed by atoms with van der Waals surface area (Å²) >= 11 is 1.77. The van der Waals surface area contributed by atoms with Gasteiger partial charge in [-0.1, -0.05) is 6.92 Å². The Morgan fingerprint density at radius 2 is 2.38 bits per heavy atom. The summed E-state index contributed by atoms with van der Waals surface area (Å²) in [5.41, 5.74) is 1.19. The molecule has 1 aromatic heterocycles. The van der Waals surface area contributed by atoms with Gasteiger partial charge in [-0.3, -0.25) is 4.79 Å². The van der Waals surface area contributed by atoms with Crippen molar-refractivity contribution in [3.8, 4) is 0 Å². The summed E-state index contributed by atoms with van der Waals surface area (Å²) in [6.45, 7) is 5.86. The van der Waals surface area contributed by atoms with E-state index in [9.17, 15) is 4.79 Å². The van der Waals surface area contributed by atoms with Crippen LogP contribution in [-0.2, 0) is 11.2 Å². The van der Waals surface area contributed by atoms with E-state index in [2.05, 4.69) is 22.5 Å². The maximum Gasteiger partial charge on any atom is 0.226 e. The second-order valence-electron chi connectivity index (χ2n) is 6.20. The number of aromatic nitrogens is 1. The molecule has 0 spiro atoms. The van der Waals surface area contributed by atoms with Gasteiger partial charge in [-0.05, 0) is 38.6 Å². The van der Waals surface area contributed by atoms with Crippen LogP contribution in [0.1, 0.15) is 49.2 Å². The van der Waals surface area contributed by atoms with Gasteiger partial charge in [0.1, 0.15) is 0 Å². The van der Waals surface area contributed by atoms with E-state index in [1.54, 1.807) is 11.3 Å². The third-order valence-electron chi connectivity index (χ3n) is 4.66. The van der Waals surface area contributed by atoms with E-state index in [1.807, 2.05) is 0 Å². The predicted octanol–water partition coefficient (Wildman–Crippen LogP) is 2.41. The number of aryl methyl sites for hydroxylation is 1. The van der Waals surface area contributed by atoms with E-state index in [0.29, 0.717) is 11.8 Å². The predicted molar refractivity (Wildman–Crippen MR) is 85.6 cm³/mol. The van der Waals surface area contributed by atoms with Gasteiger partial charge < -0.3 is 10.2 Å². The van der Waals surface area contributed by atoms with Crippen molar-refractivity contribution < 1.29 is 4.79 Å². The van der Waals surface area contributed by atoms with Gasteiger partial charge in [0, 0.05) is 30.9 Å². The number of amides is 1. The molecule has 3 heterocycles. The second kappa shape index (κ2) is 6.88. The summed E-state index contributed by atoms with van der Waals surface area (Å²) in [7, 11) is 0. The molecule has 1 aromatic rings. The maximum absolute atomic E-state index is 12.7. The molecule has 1 N–H and O–H groups in total. The Morgan fingerprint density at radius 1 is 1.48 bits per heavy atom. The molecular formula is C16H25N3OS. The van der Waals surface area contributed by atoms with E-state index in [4.69, 9.17) is 4.98 Å². The van der Waals surface area contributed by atoms with Crippen LogP contribution in [0.15, 0.2) is 5.38 Å². The number of nitrogens with one attached hydrogen (secondary N) is 1. The van der Waals surface area contributed by atoms with Gasteiger partial charge in [-0.2, -0.15) is 0 Å². The highest BCUT2D eigenvalue weighted by Gasteiger charge is 2.31. The SMILES string of the molecule is CCc1csc(C2CCCN(C(=O)C3CCCNC3)C2)n1. The zero-order chi connectivity index (χ0) is 14.7. The van der Waals surface area contributed by atoms with Crippen LogP contribution in [0.3, 0.4) is 0 Å². The van der Waals surface area contributed by atoms with Gasteiger partial charge in [0.2, 0.25) is 5.91 Å². The molecule has 0 saturated carbocycles. The van der Waals surface area contributed by atoms with Gasteiger partial charge in [0.15, 0.2) is 0 Å². The van der Waals surface area contributed by atoms with Crippen LogP contribution >= 0.6 is 11.3 Å². The van der Waals surface area contributed by atoms with Crippen molar-refractivity contribution in [3.63, 3.8) is 0 Å². The number of carbonyl (C=O) groups excluding carboxylic acids is 1. The minimum atomic E-state index is 0.194. The molecule has 0 aliphatic carbocycles. The summed E-state index contributed by atoms with van der Waals surface area (Å²) < 4.78 is 0. The van der Waals surface area contributed by atoms with Gasteiger partial charge in [-0.15, -0.1) is 11.3 Å². The van der Waals surface area contributed by atoms with Crippen LogP contribution in [0.25, 0.3) is 0 Å². The van der Waals surface area contributed by atoms with Crippen molar-refractivity contribution >= 4 is 17.2 Å². The smallest absolute Gasteiger partial charge is 0.226 e. The lowest BCUT2D eigenvalue weighted by molar-refractivity contribution is -0.137. The number of nitrogens with zero attached hydrogens (tertiary/aromatic N) is 2. The molecule has 2 aliphatic heterocycles. The molecule has 1 amide bonds. The molecule has 2 fully saturated rings. The Balaban J connectivity index is 1.63. The zero-order valence-corrected chi connectivity index (χ0v) is 13.6. The first-order valence-corrected chi connectivity index (χ1v) is 9.09. The molecule has 0 bridgehead atoms. The number of piperidine rings is 2. The summed E-state index contributed by atoms with van der Waals surface area (Å²) in [5.74, 6) is 1.00. The molecule has 2 atom stereocenters. The lowest BCUT2D eigenvalue weighted by atomic mass is 9.94. The lowest BCUT2D eigenvalue weighted by Crippen LogP contribution is -2.46. The Hall–Kier alpha value is -0.940. The Kier molecular flexibility index (Phi) is 4.91. The van der Waals surface area contributed by atoms with Crippen molar-refractivity contribution in [2.45, 2.75) is 44.9 Å². The number of hydrogen-bond donors (Lipinski definition) is 1. The molecule has 5 heteroatoms. The Labute approximate surface area is 130 Å². The molecule has 4 nitrogen and oxygen atoms in total. The number of likely N-dealkylation sites (tertiary alicyclic amines) is 1.